The summed E-state index contributed by atoms with van der Waals surface area (Å²) in [5.74, 6) is 1.22. The lowest BCUT2D eigenvalue weighted by atomic mass is 10.2. The van der Waals surface area contributed by atoms with Gasteiger partial charge in [-0.2, -0.15) is 0 Å². The molecule has 1 aromatic carbocycles. The van der Waals surface area contributed by atoms with Gasteiger partial charge in [0, 0.05) is 32.2 Å². The Hall–Kier alpha value is -2.52. The van der Waals surface area contributed by atoms with Crippen LogP contribution in [0.25, 0.3) is 0 Å². The van der Waals surface area contributed by atoms with Crippen LogP contribution in [0.2, 0.25) is 0 Å². The zero-order valence-electron chi connectivity index (χ0n) is 14.9. The van der Waals surface area contributed by atoms with Gasteiger partial charge in [0.1, 0.15) is 12.4 Å². The molecule has 9 heteroatoms. The minimum Gasteiger partial charge on any atom is -0.486 e. The van der Waals surface area contributed by atoms with Crippen LogP contribution in [-0.4, -0.2) is 70.4 Å². The predicted octanol–water partition coefficient (Wildman–Crippen LogP) is 0.241. The summed E-state index contributed by atoms with van der Waals surface area (Å²) in [6.45, 7) is 5.46. The van der Waals surface area contributed by atoms with Crippen molar-refractivity contribution in [2.45, 2.75) is 13.0 Å². The van der Waals surface area contributed by atoms with Crippen molar-refractivity contribution in [2.75, 3.05) is 39.4 Å². The number of carbonyl (C=O) groups excluding carboxylic acids is 1. The van der Waals surface area contributed by atoms with E-state index in [0.29, 0.717) is 23.7 Å². The van der Waals surface area contributed by atoms with Gasteiger partial charge in [0.05, 0.1) is 13.2 Å². The van der Waals surface area contributed by atoms with Crippen molar-refractivity contribution < 1.29 is 14.3 Å². The van der Waals surface area contributed by atoms with E-state index in [-0.39, 0.29) is 12.5 Å². The Balaban J connectivity index is 1.38. The molecule has 2 heterocycles. The molecule has 26 heavy (non-hydrogen) atoms. The first kappa shape index (κ1) is 18.3. The Morgan fingerprint density at radius 2 is 2.04 bits per heavy atom. The zero-order valence-corrected chi connectivity index (χ0v) is 14.9. The van der Waals surface area contributed by atoms with Crippen LogP contribution < -0.4 is 10.1 Å². The molecule has 0 saturated carbocycles. The van der Waals surface area contributed by atoms with E-state index in [0.717, 1.165) is 39.3 Å². The first-order chi connectivity index (χ1) is 12.7. The second kappa shape index (κ2) is 9.25. The fraction of sp³-hybridized carbons (Fsp3) is 0.529. The monoisotopic (exact) mass is 360 g/mol. The van der Waals surface area contributed by atoms with E-state index >= 15 is 0 Å². The van der Waals surface area contributed by atoms with E-state index in [1.54, 1.807) is 36.0 Å². The summed E-state index contributed by atoms with van der Waals surface area (Å²) in [7, 11) is 1.76. The smallest absolute Gasteiger partial charge is 0.251 e. The third kappa shape index (κ3) is 5.24. The molecule has 9 nitrogen and oxygen atoms in total. The number of nitrogens with zero attached hydrogens (tertiary/aromatic N) is 5. The molecular formula is C17H24N6O3. The van der Waals surface area contributed by atoms with Gasteiger partial charge in [-0.3, -0.25) is 9.69 Å². The van der Waals surface area contributed by atoms with E-state index < -0.39 is 0 Å². The van der Waals surface area contributed by atoms with Gasteiger partial charge in [0.25, 0.3) is 5.91 Å². The molecule has 1 amide bonds. The van der Waals surface area contributed by atoms with Gasteiger partial charge in [-0.15, -0.1) is 5.10 Å². The Morgan fingerprint density at radius 3 is 2.73 bits per heavy atom. The number of benzene rings is 1. The fourth-order valence-corrected chi connectivity index (χ4v) is 2.65. The molecule has 1 saturated heterocycles. The van der Waals surface area contributed by atoms with E-state index in [9.17, 15) is 4.79 Å². The summed E-state index contributed by atoms with van der Waals surface area (Å²) in [4.78, 5) is 14.5. The van der Waals surface area contributed by atoms with Gasteiger partial charge in [-0.05, 0) is 47.7 Å². The molecule has 0 atom stereocenters. The molecule has 3 rings (SSSR count). The second-order valence-corrected chi connectivity index (χ2v) is 6.10. The lowest BCUT2D eigenvalue weighted by molar-refractivity contribution is 0.0374. The minimum atomic E-state index is -0.0731. The quantitative estimate of drug-likeness (QED) is 0.674. The summed E-state index contributed by atoms with van der Waals surface area (Å²) in [6.07, 6.45) is 0.929. The Bertz CT molecular complexity index is 697. The molecule has 1 aromatic heterocycles. The molecule has 0 unspecified atom stereocenters. The predicted molar refractivity (Wildman–Crippen MR) is 93.8 cm³/mol. The number of amides is 1. The first-order valence-corrected chi connectivity index (χ1v) is 8.75. The average molecular weight is 360 g/mol. The van der Waals surface area contributed by atoms with Crippen LogP contribution in [0.5, 0.6) is 5.75 Å². The number of aryl methyl sites for hydroxylation is 1. The molecule has 0 aliphatic carbocycles. The lowest BCUT2D eigenvalue weighted by Gasteiger charge is -2.26. The standard InChI is InChI=1S/C17H24N6O3/c1-22-16(19-20-21-22)13-26-15-5-3-14(4-6-15)17(24)18-7-2-8-23-9-11-25-12-10-23/h3-6H,2,7-13H2,1H3,(H,18,24). The van der Waals surface area contributed by atoms with Crippen molar-refractivity contribution in [3.05, 3.63) is 35.7 Å². The number of aromatic nitrogens is 4. The number of hydrogen-bond acceptors (Lipinski definition) is 7. The molecule has 1 fully saturated rings. The van der Waals surface area contributed by atoms with Gasteiger partial charge in [-0.1, -0.05) is 0 Å². The number of carbonyl (C=O) groups is 1. The number of nitrogens with one attached hydrogen (secondary N) is 1. The normalized spacial score (nSPS) is 15.0. The van der Waals surface area contributed by atoms with Crippen LogP contribution in [0.3, 0.4) is 0 Å². The molecule has 1 aliphatic heterocycles. The highest BCUT2D eigenvalue weighted by molar-refractivity contribution is 5.94. The van der Waals surface area contributed by atoms with Gasteiger partial charge in [0.2, 0.25) is 0 Å². The molecular weight excluding hydrogens is 336 g/mol. The Morgan fingerprint density at radius 1 is 1.27 bits per heavy atom. The van der Waals surface area contributed by atoms with Crippen molar-refractivity contribution in [1.82, 2.24) is 30.4 Å². The van der Waals surface area contributed by atoms with E-state index in [2.05, 4.69) is 25.7 Å². The highest BCUT2D eigenvalue weighted by atomic mass is 16.5. The molecule has 140 valence electrons. The third-order valence-corrected chi connectivity index (χ3v) is 4.23. The van der Waals surface area contributed by atoms with Crippen LogP contribution in [0, 0.1) is 0 Å². The van der Waals surface area contributed by atoms with Crippen molar-refractivity contribution in [3.8, 4) is 5.75 Å². The largest absolute Gasteiger partial charge is 0.486 e. The summed E-state index contributed by atoms with van der Waals surface area (Å²) >= 11 is 0. The van der Waals surface area contributed by atoms with Crippen molar-refractivity contribution in [3.63, 3.8) is 0 Å². The van der Waals surface area contributed by atoms with Gasteiger partial charge in [-0.25, -0.2) is 4.68 Å². The van der Waals surface area contributed by atoms with Crippen LogP contribution in [-0.2, 0) is 18.4 Å². The number of rotatable bonds is 8. The SMILES string of the molecule is Cn1nnnc1COc1ccc(C(=O)NCCCN2CCOCC2)cc1. The Labute approximate surface area is 152 Å². The number of hydrogen-bond donors (Lipinski definition) is 1. The average Bonchev–Trinajstić information content (AvgIpc) is 3.09. The number of morpholine rings is 1. The second-order valence-electron chi connectivity index (χ2n) is 6.10. The molecule has 0 spiro atoms. The topological polar surface area (TPSA) is 94.4 Å². The van der Waals surface area contributed by atoms with Gasteiger partial charge < -0.3 is 14.8 Å². The van der Waals surface area contributed by atoms with Gasteiger partial charge >= 0.3 is 0 Å². The number of tetrazole rings is 1. The molecule has 0 bridgehead atoms. The highest BCUT2D eigenvalue weighted by Crippen LogP contribution is 2.13. The highest BCUT2D eigenvalue weighted by Gasteiger charge is 2.10. The van der Waals surface area contributed by atoms with Crippen LogP contribution >= 0.6 is 0 Å². The van der Waals surface area contributed by atoms with Gasteiger partial charge in [0.15, 0.2) is 5.82 Å². The molecule has 1 N–H and O–H groups in total. The zero-order chi connectivity index (χ0) is 18.2. The maximum absolute atomic E-state index is 12.2. The van der Waals surface area contributed by atoms with E-state index in [1.807, 2.05) is 0 Å². The maximum atomic E-state index is 12.2. The molecule has 1 aliphatic rings. The first-order valence-electron chi connectivity index (χ1n) is 8.75. The fourth-order valence-electron chi connectivity index (χ4n) is 2.65. The van der Waals surface area contributed by atoms with Crippen LogP contribution in [0.4, 0.5) is 0 Å². The van der Waals surface area contributed by atoms with Crippen LogP contribution in [0.1, 0.15) is 22.6 Å². The third-order valence-electron chi connectivity index (χ3n) is 4.23. The maximum Gasteiger partial charge on any atom is 0.251 e. The molecule has 0 radical (unpaired) electrons. The van der Waals surface area contributed by atoms with Crippen molar-refractivity contribution >= 4 is 5.91 Å². The lowest BCUT2D eigenvalue weighted by Crippen LogP contribution is -2.38. The van der Waals surface area contributed by atoms with E-state index in [4.69, 9.17) is 9.47 Å². The van der Waals surface area contributed by atoms with Crippen molar-refractivity contribution in [1.29, 1.82) is 0 Å². The summed E-state index contributed by atoms with van der Waals surface area (Å²) in [6, 6.07) is 7.04. The summed E-state index contributed by atoms with van der Waals surface area (Å²) in [5.41, 5.74) is 0.615. The Kier molecular flexibility index (Phi) is 6.50. The van der Waals surface area contributed by atoms with Crippen molar-refractivity contribution in [2.24, 2.45) is 7.05 Å². The summed E-state index contributed by atoms with van der Waals surface area (Å²) in [5, 5.41) is 14.1. The van der Waals surface area contributed by atoms with E-state index in [1.165, 1.54) is 0 Å². The molecule has 2 aromatic rings. The summed E-state index contributed by atoms with van der Waals surface area (Å²) < 4.78 is 12.5. The van der Waals surface area contributed by atoms with Crippen LogP contribution in [0.15, 0.2) is 24.3 Å². The number of ether oxygens (including phenoxy) is 2. The minimum absolute atomic E-state index is 0.0731.